The van der Waals surface area contributed by atoms with Crippen molar-refractivity contribution in [3.8, 4) is 6.07 Å². The molecule has 0 amide bonds. The Labute approximate surface area is 89.9 Å². The molecule has 0 saturated heterocycles. The molecule has 0 aromatic heterocycles. The summed E-state index contributed by atoms with van der Waals surface area (Å²) in [6, 6.07) is 10.3. The van der Waals surface area contributed by atoms with E-state index in [1.54, 1.807) is 6.07 Å². The summed E-state index contributed by atoms with van der Waals surface area (Å²) in [6.07, 6.45) is 3.41. The Morgan fingerprint density at radius 1 is 1.40 bits per heavy atom. The van der Waals surface area contributed by atoms with Gasteiger partial charge in [0.1, 0.15) is 0 Å². The van der Waals surface area contributed by atoms with Gasteiger partial charge in [0, 0.05) is 17.8 Å². The summed E-state index contributed by atoms with van der Waals surface area (Å²) in [6.45, 7) is 0. The average molecular weight is 201 g/mol. The summed E-state index contributed by atoms with van der Waals surface area (Å²) in [7, 11) is 0. The van der Waals surface area contributed by atoms with Crippen molar-refractivity contribution in [2.45, 2.75) is 31.3 Å². The molecule has 15 heavy (non-hydrogen) atoms. The molecule has 2 unspecified atom stereocenters. The molecule has 0 heterocycles. The Hall–Kier alpha value is -1.53. The summed E-state index contributed by atoms with van der Waals surface area (Å²) in [5.41, 5.74) is 7.65. The van der Waals surface area contributed by atoms with Crippen molar-refractivity contribution in [3.63, 3.8) is 0 Å². The number of hydrogen-bond donors (Lipinski definition) is 2. The third kappa shape index (κ3) is 2.28. The smallest absolute Gasteiger partial charge is 0.0992 e. The van der Waals surface area contributed by atoms with E-state index in [1.165, 1.54) is 6.42 Å². The Balaban J connectivity index is 2.07. The zero-order valence-electron chi connectivity index (χ0n) is 8.61. The van der Waals surface area contributed by atoms with Gasteiger partial charge in [0.15, 0.2) is 0 Å². The highest BCUT2D eigenvalue weighted by atomic mass is 15.0. The molecule has 1 aromatic carbocycles. The topological polar surface area (TPSA) is 61.8 Å². The molecule has 1 fully saturated rings. The molecule has 1 aliphatic carbocycles. The molecule has 0 radical (unpaired) electrons. The molecule has 1 aliphatic rings. The normalized spacial score (nSPS) is 24.8. The van der Waals surface area contributed by atoms with E-state index in [9.17, 15) is 0 Å². The van der Waals surface area contributed by atoms with Crippen molar-refractivity contribution in [1.82, 2.24) is 0 Å². The highest BCUT2D eigenvalue weighted by Crippen LogP contribution is 2.21. The lowest BCUT2D eigenvalue weighted by Crippen LogP contribution is -2.35. The number of anilines is 1. The van der Waals surface area contributed by atoms with Crippen LogP contribution in [-0.2, 0) is 0 Å². The maximum atomic E-state index is 8.77. The van der Waals surface area contributed by atoms with Crippen LogP contribution in [0.4, 0.5) is 5.69 Å². The van der Waals surface area contributed by atoms with E-state index < -0.39 is 0 Å². The number of benzene rings is 1. The second-order valence-electron chi connectivity index (χ2n) is 4.04. The molecule has 1 saturated carbocycles. The van der Waals surface area contributed by atoms with E-state index in [2.05, 4.69) is 11.4 Å². The monoisotopic (exact) mass is 201 g/mol. The predicted octanol–water partition coefficient (Wildman–Crippen LogP) is 1.85. The van der Waals surface area contributed by atoms with Gasteiger partial charge in [-0.05, 0) is 37.5 Å². The van der Waals surface area contributed by atoms with Crippen LogP contribution in [0.3, 0.4) is 0 Å². The molecule has 0 spiro atoms. The zero-order valence-corrected chi connectivity index (χ0v) is 8.61. The molecular formula is C12H15N3. The van der Waals surface area contributed by atoms with Crippen LogP contribution in [0.1, 0.15) is 24.8 Å². The van der Waals surface area contributed by atoms with E-state index in [-0.39, 0.29) is 6.04 Å². The molecule has 3 heteroatoms. The van der Waals surface area contributed by atoms with Crippen LogP contribution in [0.15, 0.2) is 24.3 Å². The molecule has 3 N–H and O–H groups in total. The molecule has 3 nitrogen and oxygen atoms in total. The van der Waals surface area contributed by atoms with Crippen LogP contribution in [0.5, 0.6) is 0 Å². The summed E-state index contributed by atoms with van der Waals surface area (Å²) in [4.78, 5) is 0. The fourth-order valence-corrected chi connectivity index (χ4v) is 2.06. The van der Waals surface area contributed by atoms with E-state index in [0.717, 1.165) is 18.5 Å². The second kappa shape index (κ2) is 4.33. The second-order valence-corrected chi connectivity index (χ2v) is 4.04. The maximum Gasteiger partial charge on any atom is 0.0992 e. The summed E-state index contributed by atoms with van der Waals surface area (Å²) >= 11 is 0. The Morgan fingerprint density at radius 2 is 2.27 bits per heavy atom. The zero-order chi connectivity index (χ0) is 10.7. The number of rotatable bonds is 2. The highest BCUT2D eigenvalue weighted by molar-refractivity contribution is 5.50. The third-order valence-electron chi connectivity index (χ3n) is 2.91. The largest absolute Gasteiger partial charge is 0.381 e. The van der Waals surface area contributed by atoms with Gasteiger partial charge >= 0.3 is 0 Å². The van der Waals surface area contributed by atoms with E-state index in [4.69, 9.17) is 11.0 Å². The Morgan fingerprint density at radius 3 is 2.93 bits per heavy atom. The quantitative estimate of drug-likeness (QED) is 0.767. The van der Waals surface area contributed by atoms with Crippen molar-refractivity contribution in [2.75, 3.05) is 5.32 Å². The minimum Gasteiger partial charge on any atom is -0.381 e. The van der Waals surface area contributed by atoms with Crippen LogP contribution in [0.2, 0.25) is 0 Å². The van der Waals surface area contributed by atoms with Gasteiger partial charge in [0.05, 0.1) is 11.6 Å². The number of nitriles is 1. The minimum atomic E-state index is 0.246. The van der Waals surface area contributed by atoms with Crippen LogP contribution in [-0.4, -0.2) is 12.1 Å². The first-order valence-corrected chi connectivity index (χ1v) is 5.32. The molecule has 0 bridgehead atoms. The SMILES string of the molecule is N#Cc1cccc(NC2CCCC2N)c1. The highest BCUT2D eigenvalue weighted by Gasteiger charge is 2.23. The van der Waals surface area contributed by atoms with Crippen LogP contribution < -0.4 is 11.1 Å². The van der Waals surface area contributed by atoms with Gasteiger partial charge in [0.2, 0.25) is 0 Å². The summed E-state index contributed by atoms with van der Waals surface area (Å²) < 4.78 is 0. The fraction of sp³-hybridized carbons (Fsp3) is 0.417. The Bertz CT molecular complexity index is 381. The van der Waals surface area contributed by atoms with E-state index in [0.29, 0.717) is 11.6 Å². The third-order valence-corrected chi connectivity index (χ3v) is 2.91. The van der Waals surface area contributed by atoms with Crippen molar-refractivity contribution < 1.29 is 0 Å². The molecule has 2 rings (SSSR count). The molecule has 78 valence electrons. The predicted molar refractivity (Wildman–Crippen MR) is 60.4 cm³/mol. The summed E-state index contributed by atoms with van der Waals surface area (Å²) in [5.74, 6) is 0. The number of nitrogens with two attached hydrogens (primary N) is 1. The molecule has 0 aliphatic heterocycles. The lowest BCUT2D eigenvalue weighted by molar-refractivity contribution is 0.638. The van der Waals surface area contributed by atoms with Gasteiger partial charge in [0.25, 0.3) is 0 Å². The number of hydrogen-bond acceptors (Lipinski definition) is 3. The molecular weight excluding hydrogens is 186 g/mol. The minimum absolute atomic E-state index is 0.246. The van der Waals surface area contributed by atoms with Crippen LogP contribution in [0, 0.1) is 11.3 Å². The summed E-state index contributed by atoms with van der Waals surface area (Å²) in [5, 5.41) is 12.2. The maximum absolute atomic E-state index is 8.77. The van der Waals surface area contributed by atoms with Gasteiger partial charge in [-0.2, -0.15) is 5.26 Å². The first-order chi connectivity index (χ1) is 7.29. The Kier molecular flexibility index (Phi) is 2.89. The first-order valence-electron chi connectivity index (χ1n) is 5.32. The average Bonchev–Trinajstić information content (AvgIpc) is 2.65. The van der Waals surface area contributed by atoms with Crippen LogP contribution in [0.25, 0.3) is 0 Å². The molecule has 1 aromatic rings. The number of nitrogens with zero attached hydrogens (tertiary/aromatic N) is 1. The van der Waals surface area contributed by atoms with Crippen molar-refractivity contribution in [1.29, 1.82) is 5.26 Å². The van der Waals surface area contributed by atoms with E-state index in [1.807, 2.05) is 18.2 Å². The molecule has 2 atom stereocenters. The van der Waals surface area contributed by atoms with Crippen molar-refractivity contribution >= 4 is 5.69 Å². The van der Waals surface area contributed by atoms with Gasteiger partial charge in [-0.1, -0.05) is 6.07 Å². The van der Waals surface area contributed by atoms with Crippen molar-refractivity contribution in [2.24, 2.45) is 5.73 Å². The first kappa shape index (κ1) is 10.0. The number of nitrogens with one attached hydrogen (secondary N) is 1. The van der Waals surface area contributed by atoms with Gasteiger partial charge in [-0.25, -0.2) is 0 Å². The lowest BCUT2D eigenvalue weighted by atomic mass is 10.1. The van der Waals surface area contributed by atoms with Gasteiger partial charge in [-0.3, -0.25) is 0 Å². The van der Waals surface area contributed by atoms with Crippen LogP contribution >= 0.6 is 0 Å². The fourth-order valence-electron chi connectivity index (χ4n) is 2.06. The lowest BCUT2D eigenvalue weighted by Gasteiger charge is -2.18. The van der Waals surface area contributed by atoms with Crippen molar-refractivity contribution in [3.05, 3.63) is 29.8 Å². The van der Waals surface area contributed by atoms with Gasteiger partial charge < -0.3 is 11.1 Å². The van der Waals surface area contributed by atoms with Gasteiger partial charge in [-0.15, -0.1) is 0 Å². The van der Waals surface area contributed by atoms with E-state index >= 15 is 0 Å². The standard InChI is InChI=1S/C12H15N3/c13-8-9-3-1-4-10(7-9)15-12-6-2-5-11(12)14/h1,3-4,7,11-12,15H,2,5-6,14H2.